The van der Waals surface area contributed by atoms with Gasteiger partial charge in [0.2, 0.25) is 0 Å². The molecule has 68 valence electrons. The number of hydrogen-bond acceptors (Lipinski definition) is 1. The first kappa shape index (κ1) is 11.2. The van der Waals surface area contributed by atoms with Crippen molar-refractivity contribution in [2.75, 3.05) is 6.67 Å². The van der Waals surface area contributed by atoms with Crippen LogP contribution in [0.5, 0.6) is 0 Å². The Morgan fingerprint density at radius 3 is 2.27 bits per heavy atom. The van der Waals surface area contributed by atoms with Crippen molar-refractivity contribution in [3.63, 3.8) is 0 Å². The van der Waals surface area contributed by atoms with E-state index in [1.807, 2.05) is 0 Å². The molecule has 0 aliphatic heterocycles. The molecule has 1 aliphatic carbocycles. The van der Waals surface area contributed by atoms with Crippen molar-refractivity contribution in [1.82, 2.24) is 0 Å². The molecule has 0 amide bonds. The van der Waals surface area contributed by atoms with Crippen LogP contribution >= 0.6 is 12.4 Å². The highest BCUT2D eigenvalue weighted by atomic mass is 35.5. The maximum Gasteiger partial charge on any atom is 0.105 e. The third kappa shape index (κ3) is 3.39. The van der Waals surface area contributed by atoms with Crippen molar-refractivity contribution in [1.29, 1.82) is 0 Å². The molecular formula is C8H17ClFN. The summed E-state index contributed by atoms with van der Waals surface area (Å²) >= 11 is 0. The SMILES string of the molecule is Cl.N[C@@H](CF)C1CCCCC1. The van der Waals surface area contributed by atoms with Gasteiger partial charge in [0.1, 0.15) is 6.67 Å². The van der Waals surface area contributed by atoms with E-state index in [1.165, 1.54) is 19.3 Å². The average Bonchev–Trinajstić information content (AvgIpc) is 2.05. The van der Waals surface area contributed by atoms with Crippen molar-refractivity contribution < 1.29 is 4.39 Å². The molecule has 0 bridgehead atoms. The van der Waals surface area contributed by atoms with Gasteiger partial charge in [-0.3, -0.25) is 0 Å². The Balaban J connectivity index is 0.000001000. The van der Waals surface area contributed by atoms with Crippen LogP contribution in [-0.2, 0) is 0 Å². The number of alkyl halides is 1. The molecule has 3 heteroatoms. The van der Waals surface area contributed by atoms with E-state index in [1.54, 1.807) is 0 Å². The Hall–Kier alpha value is 0.180. The van der Waals surface area contributed by atoms with E-state index in [9.17, 15) is 4.39 Å². The quantitative estimate of drug-likeness (QED) is 0.695. The minimum Gasteiger partial charge on any atom is -0.325 e. The van der Waals surface area contributed by atoms with Gasteiger partial charge in [0.15, 0.2) is 0 Å². The maximum absolute atomic E-state index is 12.0. The fourth-order valence-corrected chi connectivity index (χ4v) is 1.69. The lowest BCUT2D eigenvalue weighted by molar-refractivity contribution is 0.265. The van der Waals surface area contributed by atoms with E-state index >= 15 is 0 Å². The summed E-state index contributed by atoms with van der Waals surface area (Å²) in [6.07, 6.45) is 6.10. The lowest BCUT2D eigenvalue weighted by Crippen LogP contribution is -2.33. The van der Waals surface area contributed by atoms with Crippen LogP contribution in [0.3, 0.4) is 0 Å². The van der Waals surface area contributed by atoms with Crippen molar-refractivity contribution in [3.05, 3.63) is 0 Å². The Bertz CT molecular complexity index is 94.1. The predicted octanol–water partition coefficient (Wildman–Crippen LogP) is 2.29. The fraction of sp³-hybridized carbons (Fsp3) is 1.00. The van der Waals surface area contributed by atoms with Gasteiger partial charge in [-0.25, -0.2) is 4.39 Å². The van der Waals surface area contributed by atoms with Crippen LogP contribution < -0.4 is 5.73 Å². The molecule has 1 aliphatic rings. The van der Waals surface area contributed by atoms with Gasteiger partial charge in [0.25, 0.3) is 0 Å². The minimum atomic E-state index is -0.343. The number of rotatable bonds is 2. The number of hydrogen-bond donors (Lipinski definition) is 1. The molecule has 1 fully saturated rings. The molecule has 0 aromatic heterocycles. The summed E-state index contributed by atoms with van der Waals surface area (Å²) in [6.45, 7) is -0.343. The zero-order chi connectivity index (χ0) is 7.40. The van der Waals surface area contributed by atoms with Gasteiger partial charge in [-0.2, -0.15) is 0 Å². The van der Waals surface area contributed by atoms with E-state index < -0.39 is 0 Å². The summed E-state index contributed by atoms with van der Waals surface area (Å²) in [4.78, 5) is 0. The maximum atomic E-state index is 12.0. The number of nitrogens with two attached hydrogens (primary N) is 1. The fourth-order valence-electron chi connectivity index (χ4n) is 1.69. The first-order chi connectivity index (χ1) is 4.84. The Morgan fingerprint density at radius 1 is 1.27 bits per heavy atom. The third-order valence-electron chi connectivity index (χ3n) is 2.43. The van der Waals surface area contributed by atoms with Crippen LogP contribution in [-0.4, -0.2) is 12.7 Å². The second-order valence-corrected chi connectivity index (χ2v) is 3.22. The largest absolute Gasteiger partial charge is 0.325 e. The summed E-state index contributed by atoms with van der Waals surface area (Å²) in [6, 6.07) is -0.180. The number of halogens is 2. The molecule has 11 heavy (non-hydrogen) atoms. The Morgan fingerprint density at radius 2 is 1.82 bits per heavy atom. The predicted molar refractivity (Wildman–Crippen MR) is 47.8 cm³/mol. The lowest BCUT2D eigenvalue weighted by Gasteiger charge is -2.25. The van der Waals surface area contributed by atoms with Gasteiger partial charge in [-0.05, 0) is 18.8 Å². The van der Waals surface area contributed by atoms with Crippen LogP contribution in [0, 0.1) is 5.92 Å². The van der Waals surface area contributed by atoms with Crippen LogP contribution in [0.25, 0.3) is 0 Å². The monoisotopic (exact) mass is 181 g/mol. The van der Waals surface area contributed by atoms with E-state index in [4.69, 9.17) is 5.73 Å². The second-order valence-electron chi connectivity index (χ2n) is 3.22. The molecular weight excluding hydrogens is 165 g/mol. The van der Waals surface area contributed by atoms with Gasteiger partial charge in [0.05, 0.1) is 0 Å². The summed E-state index contributed by atoms with van der Waals surface area (Å²) in [5.74, 6) is 0.471. The summed E-state index contributed by atoms with van der Waals surface area (Å²) < 4.78 is 12.0. The van der Waals surface area contributed by atoms with Crippen molar-refractivity contribution >= 4 is 12.4 Å². The smallest absolute Gasteiger partial charge is 0.105 e. The van der Waals surface area contributed by atoms with Gasteiger partial charge < -0.3 is 5.73 Å². The van der Waals surface area contributed by atoms with E-state index in [-0.39, 0.29) is 25.1 Å². The molecule has 1 nitrogen and oxygen atoms in total. The molecule has 0 saturated heterocycles. The molecule has 0 unspecified atom stereocenters. The van der Waals surface area contributed by atoms with Crippen molar-refractivity contribution in [2.24, 2.45) is 11.7 Å². The van der Waals surface area contributed by atoms with E-state index in [0.29, 0.717) is 5.92 Å². The van der Waals surface area contributed by atoms with Crippen LogP contribution in [0.1, 0.15) is 32.1 Å². The van der Waals surface area contributed by atoms with Crippen molar-refractivity contribution in [3.8, 4) is 0 Å². The van der Waals surface area contributed by atoms with E-state index in [2.05, 4.69) is 0 Å². The second kappa shape index (κ2) is 5.78. The van der Waals surface area contributed by atoms with Crippen LogP contribution in [0.15, 0.2) is 0 Å². The standard InChI is InChI=1S/C8H16FN.ClH/c9-6-8(10)7-4-2-1-3-5-7;/h7-8H,1-6,10H2;1H/t8-;/m0./s1. The molecule has 0 aromatic carbocycles. The average molecular weight is 182 g/mol. The first-order valence-corrected chi connectivity index (χ1v) is 4.16. The minimum absolute atomic E-state index is 0. The summed E-state index contributed by atoms with van der Waals surface area (Å²) in [7, 11) is 0. The van der Waals surface area contributed by atoms with Gasteiger partial charge in [-0.1, -0.05) is 19.3 Å². The zero-order valence-electron chi connectivity index (χ0n) is 6.76. The molecule has 0 aromatic rings. The van der Waals surface area contributed by atoms with Crippen LogP contribution in [0.4, 0.5) is 4.39 Å². The molecule has 2 N–H and O–H groups in total. The normalized spacial score (nSPS) is 22.4. The van der Waals surface area contributed by atoms with Gasteiger partial charge in [0, 0.05) is 6.04 Å². The highest BCUT2D eigenvalue weighted by Crippen LogP contribution is 2.25. The van der Waals surface area contributed by atoms with Gasteiger partial charge >= 0.3 is 0 Å². The molecule has 1 saturated carbocycles. The highest BCUT2D eigenvalue weighted by molar-refractivity contribution is 5.85. The lowest BCUT2D eigenvalue weighted by atomic mass is 9.85. The molecule has 1 rings (SSSR count). The molecule has 0 spiro atoms. The Kier molecular flexibility index (Phi) is 5.88. The highest BCUT2D eigenvalue weighted by Gasteiger charge is 2.19. The van der Waals surface area contributed by atoms with Gasteiger partial charge in [-0.15, -0.1) is 12.4 Å². The summed E-state index contributed by atoms with van der Waals surface area (Å²) in [5.41, 5.74) is 5.57. The zero-order valence-corrected chi connectivity index (χ0v) is 7.58. The molecule has 0 heterocycles. The summed E-state index contributed by atoms with van der Waals surface area (Å²) in [5, 5.41) is 0. The topological polar surface area (TPSA) is 26.0 Å². The Labute approximate surface area is 73.9 Å². The molecule has 1 atom stereocenters. The third-order valence-corrected chi connectivity index (χ3v) is 2.43. The van der Waals surface area contributed by atoms with Crippen LogP contribution in [0.2, 0.25) is 0 Å². The van der Waals surface area contributed by atoms with E-state index in [0.717, 1.165) is 12.8 Å². The molecule has 0 radical (unpaired) electrons. The first-order valence-electron chi connectivity index (χ1n) is 4.16. The van der Waals surface area contributed by atoms with Crippen molar-refractivity contribution in [2.45, 2.75) is 38.1 Å².